The van der Waals surface area contributed by atoms with Crippen LogP contribution in [0.4, 0.5) is 11.5 Å². The molecule has 2 rings (SSSR count). The minimum atomic E-state index is -0.576. The van der Waals surface area contributed by atoms with E-state index < -0.39 is 5.25 Å². The lowest BCUT2D eigenvalue weighted by Crippen LogP contribution is -2.23. The number of nitrogens with zero attached hydrogens (tertiary/aromatic N) is 4. The summed E-state index contributed by atoms with van der Waals surface area (Å²) in [5, 5.41) is 20.6. The molecule has 0 aliphatic carbocycles. The summed E-state index contributed by atoms with van der Waals surface area (Å²) in [6, 6.07) is 8.44. The van der Waals surface area contributed by atoms with Gasteiger partial charge in [-0.2, -0.15) is 10.5 Å². The molecule has 0 saturated heterocycles. The number of hydrogen-bond donors (Lipinski definition) is 2. The lowest BCUT2D eigenvalue weighted by atomic mass is 10.2. The number of anilines is 2. The van der Waals surface area contributed by atoms with Gasteiger partial charge in [-0.25, -0.2) is 9.97 Å². The summed E-state index contributed by atoms with van der Waals surface area (Å²) in [5.74, 6) is -0.314. The van der Waals surface area contributed by atoms with Crippen molar-refractivity contribution in [3.05, 3.63) is 40.7 Å². The molecule has 24 heavy (non-hydrogen) atoms. The Labute approximate surface area is 147 Å². The van der Waals surface area contributed by atoms with Gasteiger partial charge in [0.1, 0.15) is 23.0 Å². The number of amides is 1. The Hall–Kier alpha value is -2.81. The van der Waals surface area contributed by atoms with Gasteiger partial charge in [0.25, 0.3) is 0 Å². The third-order valence-electron chi connectivity index (χ3n) is 2.93. The molecular weight excluding hydrogens is 348 g/mol. The molecule has 3 N–H and O–H groups in total. The number of nitrogens with two attached hydrogens (primary N) is 1. The maximum Gasteiger partial charge on any atom is 0.237 e. The van der Waals surface area contributed by atoms with Gasteiger partial charge < -0.3 is 11.1 Å². The van der Waals surface area contributed by atoms with Crippen LogP contribution in [0.2, 0.25) is 5.15 Å². The van der Waals surface area contributed by atoms with Crippen LogP contribution in [0.5, 0.6) is 0 Å². The van der Waals surface area contributed by atoms with Gasteiger partial charge in [0.05, 0.1) is 22.1 Å². The quantitative estimate of drug-likeness (QED) is 0.634. The maximum atomic E-state index is 12.3. The second kappa shape index (κ2) is 7.64. The monoisotopic (exact) mass is 358 g/mol. The van der Waals surface area contributed by atoms with Gasteiger partial charge in [0.15, 0.2) is 5.15 Å². The van der Waals surface area contributed by atoms with Crippen LogP contribution in [-0.2, 0) is 4.79 Å². The van der Waals surface area contributed by atoms with E-state index in [1.165, 1.54) is 12.3 Å². The standard InChI is InChI=1S/C15H11ClN6OS/c1-8(14(23)21-11-3-2-4-20-12(11)16)24-15-10(7-18)5-9(6-17)13(19)22-15/h2-5,8H,1H3,(H2,19,22)(H,21,23)/t8-/m1/s1. The Morgan fingerprint density at radius 1 is 1.42 bits per heavy atom. The Bertz CT molecular complexity index is 873. The third kappa shape index (κ3) is 3.93. The van der Waals surface area contributed by atoms with Crippen molar-refractivity contribution in [2.24, 2.45) is 0 Å². The van der Waals surface area contributed by atoms with Crippen LogP contribution in [-0.4, -0.2) is 21.1 Å². The zero-order valence-electron chi connectivity index (χ0n) is 12.4. The highest BCUT2D eigenvalue weighted by atomic mass is 35.5. The zero-order valence-corrected chi connectivity index (χ0v) is 14.0. The fourth-order valence-electron chi connectivity index (χ4n) is 1.70. The number of carbonyl (C=O) groups excluding carboxylic acids is 1. The van der Waals surface area contributed by atoms with Gasteiger partial charge in [0.2, 0.25) is 5.91 Å². The van der Waals surface area contributed by atoms with E-state index in [1.54, 1.807) is 19.1 Å². The van der Waals surface area contributed by atoms with Gasteiger partial charge in [-0.3, -0.25) is 4.79 Å². The second-order valence-corrected chi connectivity index (χ2v) is 6.28. The van der Waals surface area contributed by atoms with Crippen LogP contribution < -0.4 is 11.1 Å². The number of pyridine rings is 2. The summed E-state index contributed by atoms with van der Waals surface area (Å²) < 4.78 is 0. The van der Waals surface area contributed by atoms with E-state index in [-0.39, 0.29) is 33.0 Å². The number of rotatable bonds is 4. The molecule has 0 spiro atoms. The van der Waals surface area contributed by atoms with Crippen molar-refractivity contribution in [2.75, 3.05) is 11.1 Å². The Kier molecular flexibility index (Phi) is 5.59. The van der Waals surface area contributed by atoms with E-state index in [1.807, 2.05) is 12.1 Å². The first-order valence-electron chi connectivity index (χ1n) is 6.65. The average Bonchev–Trinajstić information content (AvgIpc) is 2.57. The molecule has 2 heterocycles. The number of hydrogen-bond acceptors (Lipinski definition) is 7. The lowest BCUT2D eigenvalue weighted by Gasteiger charge is -2.13. The molecule has 7 nitrogen and oxygen atoms in total. The average molecular weight is 359 g/mol. The van der Waals surface area contributed by atoms with Crippen molar-refractivity contribution >= 4 is 40.8 Å². The SMILES string of the molecule is C[C@@H](Sc1nc(N)c(C#N)cc1C#N)C(=O)Nc1cccnc1Cl. The molecule has 0 fully saturated rings. The Morgan fingerprint density at radius 2 is 2.12 bits per heavy atom. The van der Waals surface area contributed by atoms with E-state index >= 15 is 0 Å². The van der Waals surface area contributed by atoms with E-state index in [4.69, 9.17) is 22.6 Å². The predicted octanol–water partition coefficient (Wildman–Crippen LogP) is 2.57. The molecule has 2 aromatic heterocycles. The highest BCUT2D eigenvalue weighted by molar-refractivity contribution is 8.00. The molecule has 0 aliphatic rings. The Morgan fingerprint density at radius 3 is 2.75 bits per heavy atom. The van der Waals surface area contributed by atoms with Crippen molar-refractivity contribution in [3.63, 3.8) is 0 Å². The van der Waals surface area contributed by atoms with Gasteiger partial charge in [0, 0.05) is 6.20 Å². The van der Waals surface area contributed by atoms with Crippen LogP contribution in [0, 0.1) is 22.7 Å². The highest BCUT2D eigenvalue weighted by Crippen LogP contribution is 2.28. The van der Waals surface area contributed by atoms with E-state index in [0.29, 0.717) is 5.69 Å². The van der Waals surface area contributed by atoms with Crippen LogP contribution in [0.15, 0.2) is 29.4 Å². The van der Waals surface area contributed by atoms with Crippen molar-refractivity contribution in [3.8, 4) is 12.1 Å². The number of carbonyl (C=O) groups is 1. The van der Waals surface area contributed by atoms with Gasteiger partial charge in [-0.1, -0.05) is 23.4 Å². The molecule has 0 unspecified atom stereocenters. The molecule has 9 heteroatoms. The summed E-state index contributed by atoms with van der Waals surface area (Å²) in [4.78, 5) is 20.2. The van der Waals surface area contributed by atoms with E-state index in [9.17, 15) is 10.1 Å². The second-order valence-electron chi connectivity index (χ2n) is 4.59. The molecule has 0 bridgehead atoms. The minimum absolute atomic E-state index is 0.0157. The normalized spacial score (nSPS) is 11.2. The fourth-order valence-corrected chi connectivity index (χ4v) is 2.75. The van der Waals surface area contributed by atoms with Gasteiger partial charge in [-0.15, -0.1) is 0 Å². The maximum absolute atomic E-state index is 12.3. The van der Waals surface area contributed by atoms with Crippen LogP contribution in [0.1, 0.15) is 18.1 Å². The number of nitrogen functional groups attached to an aromatic ring is 1. The molecule has 0 aromatic carbocycles. The largest absolute Gasteiger partial charge is 0.383 e. The molecule has 0 saturated carbocycles. The molecule has 1 atom stereocenters. The van der Waals surface area contributed by atoms with Gasteiger partial charge >= 0.3 is 0 Å². The Balaban J connectivity index is 2.18. The molecule has 120 valence electrons. The minimum Gasteiger partial charge on any atom is -0.383 e. The predicted molar refractivity (Wildman–Crippen MR) is 91.3 cm³/mol. The highest BCUT2D eigenvalue weighted by Gasteiger charge is 2.20. The smallest absolute Gasteiger partial charge is 0.237 e. The number of aromatic nitrogens is 2. The summed E-state index contributed by atoms with van der Waals surface area (Å²) in [5.41, 5.74) is 6.37. The number of thioether (sulfide) groups is 1. The molecule has 1 amide bonds. The molecular formula is C15H11ClN6OS. The zero-order chi connectivity index (χ0) is 17.7. The third-order valence-corrected chi connectivity index (χ3v) is 4.34. The van der Waals surface area contributed by atoms with Gasteiger partial charge in [-0.05, 0) is 25.1 Å². The summed E-state index contributed by atoms with van der Waals surface area (Å²) in [6.45, 7) is 1.65. The van der Waals surface area contributed by atoms with Crippen LogP contribution >= 0.6 is 23.4 Å². The summed E-state index contributed by atoms with van der Waals surface area (Å²) in [7, 11) is 0. The van der Waals surface area contributed by atoms with E-state index in [2.05, 4.69) is 15.3 Å². The number of nitriles is 2. The number of halogens is 1. The summed E-state index contributed by atoms with van der Waals surface area (Å²) >= 11 is 6.96. The lowest BCUT2D eigenvalue weighted by molar-refractivity contribution is -0.115. The topological polar surface area (TPSA) is 128 Å². The van der Waals surface area contributed by atoms with Crippen LogP contribution in [0.25, 0.3) is 0 Å². The number of nitrogens with one attached hydrogen (secondary N) is 1. The molecule has 0 aliphatic heterocycles. The van der Waals surface area contributed by atoms with Crippen LogP contribution in [0.3, 0.4) is 0 Å². The van der Waals surface area contributed by atoms with Crippen molar-refractivity contribution in [1.29, 1.82) is 10.5 Å². The van der Waals surface area contributed by atoms with Crippen molar-refractivity contribution < 1.29 is 4.79 Å². The molecule has 0 radical (unpaired) electrons. The van der Waals surface area contributed by atoms with Crippen molar-refractivity contribution in [1.82, 2.24) is 9.97 Å². The summed E-state index contributed by atoms with van der Waals surface area (Å²) in [6.07, 6.45) is 1.51. The fraction of sp³-hybridized carbons (Fsp3) is 0.133. The van der Waals surface area contributed by atoms with Crippen molar-refractivity contribution in [2.45, 2.75) is 17.2 Å². The van der Waals surface area contributed by atoms with E-state index in [0.717, 1.165) is 11.8 Å². The first-order valence-corrected chi connectivity index (χ1v) is 7.90. The first-order chi connectivity index (χ1) is 11.5. The first kappa shape index (κ1) is 17.5. The molecule has 2 aromatic rings.